The Balaban J connectivity index is 0.00000198. The summed E-state index contributed by atoms with van der Waals surface area (Å²) in [7, 11) is 0. The molecule has 0 spiro atoms. The molecule has 2 aromatic carbocycles. The molecule has 9 nitrogen and oxygen atoms in total. The van der Waals surface area contributed by atoms with E-state index in [0.717, 1.165) is 80.2 Å². The molecule has 10 atom stereocenters. The van der Waals surface area contributed by atoms with E-state index in [9.17, 15) is 9.59 Å². The predicted molar refractivity (Wildman–Crippen MR) is 260 cm³/mol. The van der Waals surface area contributed by atoms with Gasteiger partial charge in [0.05, 0.1) is 28.8 Å². The SMILES string of the molecule is CC(C)C1=C2[C@H]3CC[C@@H]4[C@@]5(C)CC[C@H](OC(=O)[C@H]6C[C@@H](Cc7ccccc7)C6(C)C)C(C)(C)[C@@H]5CC[C@@]4(C)[C@]3(C)CC[C@@]2(C(=O)NC(C)(C)c2ncc(-c3ccc(Cl)cc3)[nH]2)CC1=O.O=C=O. The van der Waals surface area contributed by atoms with Crippen LogP contribution in [0.3, 0.4) is 0 Å². The quantitative estimate of drug-likeness (QED) is 0.204. The molecule has 2 N–H and O–H groups in total. The number of carbonyl (C=O) groups is 3. The summed E-state index contributed by atoms with van der Waals surface area (Å²) in [5.74, 6) is 2.32. The van der Waals surface area contributed by atoms with Crippen LogP contribution in [-0.4, -0.2) is 39.9 Å². The highest BCUT2D eigenvalue weighted by Crippen LogP contribution is 2.77. The van der Waals surface area contributed by atoms with Gasteiger partial charge in [0.2, 0.25) is 5.91 Å². The van der Waals surface area contributed by atoms with Gasteiger partial charge in [-0.2, -0.15) is 9.59 Å². The molecular formula is C57H74ClN3O6. The molecule has 6 aliphatic carbocycles. The minimum atomic E-state index is -0.867. The van der Waals surface area contributed by atoms with E-state index in [2.05, 4.69) is 103 Å². The molecule has 6 aliphatic rings. The zero-order valence-corrected chi connectivity index (χ0v) is 42.6. The number of hydrogen-bond donors (Lipinski definition) is 2. The van der Waals surface area contributed by atoms with Crippen LogP contribution in [0.15, 0.2) is 71.9 Å². The van der Waals surface area contributed by atoms with Crippen molar-refractivity contribution in [1.29, 1.82) is 0 Å². The summed E-state index contributed by atoms with van der Waals surface area (Å²) in [6, 6.07) is 18.3. The van der Waals surface area contributed by atoms with E-state index in [4.69, 9.17) is 30.9 Å². The molecule has 0 bridgehead atoms. The van der Waals surface area contributed by atoms with Gasteiger partial charge in [-0.05, 0) is 164 Å². The number of esters is 1. The lowest BCUT2D eigenvalue weighted by molar-refractivity contribution is -0.236. The average molecular weight is 933 g/mol. The van der Waals surface area contributed by atoms with Crippen molar-refractivity contribution in [1.82, 2.24) is 15.3 Å². The number of imidazole rings is 1. The van der Waals surface area contributed by atoms with Crippen molar-refractivity contribution in [2.24, 2.45) is 68.0 Å². The molecule has 0 radical (unpaired) electrons. The number of nitrogens with zero attached hydrogens (tertiary/aromatic N) is 1. The van der Waals surface area contributed by atoms with Gasteiger partial charge in [-0.1, -0.05) is 116 Å². The van der Waals surface area contributed by atoms with Crippen molar-refractivity contribution in [2.75, 3.05) is 0 Å². The normalized spacial score (nSPS) is 34.8. The maximum atomic E-state index is 15.2. The first-order valence-electron chi connectivity index (χ1n) is 25.1. The first-order valence-corrected chi connectivity index (χ1v) is 25.4. The van der Waals surface area contributed by atoms with Crippen molar-refractivity contribution in [3.63, 3.8) is 0 Å². The van der Waals surface area contributed by atoms with Gasteiger partial charge in [0, 0.05) is 16.9 Å². The molecule has 1 amide bonds. The number of H-pyrrole nitrogens is 1. The fourth-order valence-corrected chi connectivity index (χ4v) is 16.0. The van der Waals surface area contributed by atoms with Crippen molar-refractivity contribution < 1.29 is 28.7 Å². The van der Waals surface area contributed by atoms with Crippen molar-refractivity contribution >= 4 is 35.4 Å². The molecule has 360 valence electrons. The van der Waals surface area contributed by atoms with E-state index in [1.807, 2.05) is 44.3 Å². The number of halogens is 1. The largest absolute Gasteiger partial charge is 0.462 e. The number of benzene rings is 2. The van der Waals surface area contributed by atoms with Crippen LogP contribution in [-0.2, 0) is 40.7 Å². The number of Topliss-reactive ketones (excluding diaryl/α,β-unsaturated/α-hetero) is 1. The third-order valence-electron chi connectivity index (χ3n) is 19.9. The van der Waals surface area contributed by atoms with E-state index in [0.29, 0.717) is 35.0 Å². The van der Waals surface area contributed by atoms with Crippen molar-refractivity contribution in [3.8, 4) is 11.3 Å². The van der Waals surface area contributed by atoms with E-state index in [1.54, 1.807) is 0 Å². The number of ketones is 1. The van der Waals surface area contributed by atoms with Crippen LogP contribution in [0.2, 0.25) is 5.02 Å². The van der Waals surface area contributed by atoms with Gasteiger partial charge in [-0.3, -0.25) is 14.4 Å². The van der Waals surface area contributed by atoms with Gasteiger partial charge in [0.25, 0.3) is 0 Å². The Hall–Kier alpha value is -4.33. The van der Waals surface area contributed by atoms with E-state index in [1.165, 1.54) is 5.56 Å². The van der Waals surface area contributed by atoms with E-state index >= 15 is 4.79 Å². The van der Waals surface area contributed by atoms with Gasteiger partial charge in [0.1, 0.15) is 11.9 Å². The second kappa shape index (κ2) is 17.3. The van der Waals surface area contributed by atoms with Gasteiger partial charge >= 0.3 is 12.1 Å². The summed E-state index contributed by atoms with van der Waals surface area (Å²) < 4.78 is 6.69. The smallest absolute Gasteiger partial charge is 0.373 e. The number of nitrogens with one attached hydrogen (secondary N) is 2. The minimum absolute atomic E-state index is 0.00922. The van der Waals surface area contributed by atoms with Gasteiger partial charge in [0.15, 0.2) is 5.78 Å². The highest BCUT2D eigenvalue weighted by atomic mass is 35.5. The number of ether oxygens (including phenoxy) is 1. The van der Waals surface area contributed by atoms with Crippen molar-refractivity contribution in [2.45, 2.75) is 158 Å². The number of hydrogen-bond acceptors (Lipinski definition) is 7. The molecule has 10 heteroatoms. The summed E-state index contributed by atoms with van der Waals surface area (Å²) in [4.78, 5) is 68.1. The Kier molecular flexibility index (Phi) is 12.7. The molecule has 0 saturated heterocycles. The number of rotatable bonds is 9. The molecule has 1 aromatic heterocycles. The van der Waals surface area contributed by atoms with Crippen LogP contribution >= 0.6 is 11.6 Å². The van der Waals surface area contributed by atoms with Gasteiger partial charge in [-0.25, -0.2) is 4.98 Å². The first-order chi connectivity index (χ1) is 31.4. The second-order valence-electron chi connectivity index (χ2n) is 24.4. The molecule has 0 unspecified atom stereocenters. The van der Waals surface area contributed by atoms with Crippen LogP contribution in [0, 0.1) is 68.0 Å². The molecular weight excluding hydrogens is 858 g/mol. The molecule has 5 saturated carbocycles. The van der Waals surface area contributed by atoms with Gasteiger partial charge in [-0.15, -0.1) is 0 Å². The van der Waals surface area contributed by atoms with E-state index in [-0.39, 0.29) is 81.2 Å². The Labute approximate surface area is 403 Å². The Morgan fingerprint density at radius 3 is 2.18 bits per heavy atom. The topological polar surface area (TPSA) is 135 Å². The number of fused-ring (bicyclic) bond motifs is 7. The highest BCUT2D eigenvalue weighted by Gasteiger charge is 2.71. The second-order valence-corrected chi connectivity index (χ2v) is 24.8. The molecule has 67 heavy (non-hydrogen) atoms. The maximum Gasteiger partial charge on any atom is 0.373 e. The fraction of sp³-hybridized carbons (Fsp3) is 0.632. The summed E-state index contributed by atoms with van der Waals surface area (Å²) in [6.45, 7) is 25.3. The minimum Gasteiger partial charge on any atom is -0.462 e. The Morgan fingerprint density at radius 2 is 1.54 bits per heavy atom. The van der Waals surface area contributed by atoms with Crippen LogP contribution in [0.1, 0.15) is 152 Å². The molecule has 5 fully saturated rings. The first kappa shape index (κ1) is 49.1. The van der Waals surface area contributed by atoms with Crippen LogP contribution in [0.25, 0.3) is 11.3 Å². The van der Waals surface area contributed by atoms with Crippen LogP contribution in [0.4, 0.5) is 0 Å². The number of aromatic amines is 1. The molecule has 3 aromatic rings. The fourth-order valence-electron chi connectivity index (χ4n) is 15.8. The van der Waals surface area contributed by atoms with Crippen LogP contribution in [0.5, 0.6) is 0 Å². The van der Waals surface area contributed by atoms with Crippen LogP contribution < -0.4 is 5.32 Å². The molecule has 1 heterocycles. The number of aromatic nitrogens is 2. The summed E-state index contributed by atoms with van der Waals surface area (Å²) in [5, 5.41) is 4.13. The average Bonchev–Trinajstić information content (AvgIpc) is 3.89. The van der Waals surface area contributed by atoms with Crippen molar-refractivity contribution in [3.05, 3.63) is 88.4 Å². The Morgan fingerprint density at radius 1 is 0.866 bits per heavy atom. The standard InChI is InChI=1S/C56H74ClN3O4.CO2/c1-33(2)45-41(61)31-56(49(63)60-52(7,8)48-58-32-40(59-48)35-17-19-37(57)20-18-35)28-27-54(10)38(46(45)56)21-22-43-53(9)25-24-44(51(5,6)42(53)23-26-55(43,54)11)64-47(62)39-30-36(50(39,3)4)29-34-15-13-12-14-16-34;2-1-3/h12-20,32-33,36,38-39,42-44H,21-31H2,1-11H3,(H,58,59)(H,60,63);/t36-,38-,39-,42+,43-,44+,53+,54-,55-,56-;/m1./s1. The number of carbonyl (C=O) groups excluding carboxylic acids is 5. The summed E-state index contributed by atoms with van der Waals surface area (Å²) in [6.07, 6.45) is 11.9. The molecule has 0 aliphatic heterocycles. The number of amides is 1. The van der Waals surface area contributed by atoms with Gasteiger partial charge < -0.3 is 15.0 Å². The predicted octanol–water partition coefficient (Wildman–Crippen LogP) is 12.3. The maximum absolute atomic E-state index is 15.2. The number of allylic oxidation sites excluding steroid dienone is 1. The van der Waals surface area contributed by atoms with E-state index < -0.39 is 11.0 Å². The lowest BCUT2D eigenvalue weighted by Crippen LogP contribution is -2.66. The highest BCUT2D eigenvalue weighted by molar-refractivity contribution is 6.30. The Bertz CT molecular complexity index is 2460. The third kappa shape index (κ3) is 7.81. The third-order valence-corrected chi connectivity index (χ3v) is 20.1. The zero-order valence-electron chi connectivity index (χ0n) is 41.9. The summed E-state index contributed by atoms with van der Waals surface area (Å²) in [5.41, 5.74) is 3.37. The zero-order chi connectivity index (χ0) is 48.7. The monoisotopic (exact) mass is 932 g/mol. The summed E-state index contributed by atoms with van der Waals surface area (Å²) >= 11 is 6.17. The lowest BCUT2D eigenvalue weighted by atomic mass is 9.33. The molecule has 9 rings (SSSR count). The lowest BCUT2D eigenvalue weighted by Gasteiger charge is -2.72.